The van der Waals surface area contributed by atoms with E-state index in [1.807, 2.05) is 0 Å². The third kappa shape index (κ3) is 6.70. The molecule has 0 aliphatic carbocycles. The fourth-order valence-electron chi connectivity index (χ4n) is 2.36. The lowest BCUT2D eigenvalue weighted by Crippen LogP contribution is -2.42. The molecule has 144 valence electrons. The number of nitrogens with one attached hydrogen (secondary N) is 2. The molecule has 26 heavy (non-hydrogen) atoms. The molecule has 0 atom stereocenters. The molecule has 0 aromatic heterocycles. The minimum absolute atomic E-state index is 0.0817. The van der Waals surface area contributed by atoms with Gasteiger partial charge in [-0.1, -0.05) is 6.07 Å². The number of nitrogens with zero attached hydrogens (tertiary/aromatic N) is 2. The first-order chi connectivity index (χ1) is 12.6. The first-order valence-electron chi connectivity index (χ1n) is 8.09. The average molecular weight is 388 g/mol. The van der Waals surface area contributed by atoms with E-state index in [1.54, 1.807) is 12.1 Å². The van der Waals surface area contributed by atoms with E-state index in [9.17, 15) is 8.78 Å². The number of alkyl halides is 2. The molecular weight excluding hydrogens is 366 g/mol. The zero-order valence-electron chi connectivity index (χ0n) is 14.4. The van der Waals surface area contributed by atoms with Crippen LogP contribution >= 0.6 is 12.2 Å². The second-order valence-corrected chi connectivity index (χ2v) is 5.75. The zero-order chi connectivity index (χ0) is 18.8. The molecule has 0 saturated carbocycles. The number of methoxy groups -OCH3 is 1. The Labute approximate surface area is 156 Å². The molecule has 0 radical (unpaired) electrons. The summed E-state index contributed by atoms with van der Waals surface area (Å²) in [7, 11) is 1.38. The van der Waals surface area contributed by atoms with Crippen LogP contribution in [0.25, 0.3) is 0 Å². The first-order valence-corrected chi connectivity index (χ1v) is 8.50. The molecule has 2 rings (SSSR count). The Hall–Kier alpha value is -2.04. The van der Waals surface area contributed by atoms with Crippen molar-refractivity contribution in [2.45, 2.75) is 6.61 Å². The van der Waals surface area contributed by atoms with Crippen LogP contribution in [0, 0.1) is 0 Å². The molecule has 7 nitrogen and oxygen atoms in total. The van der Waals surface area contributed by atoms with Crippen molar-refractivity contribution in [3.63, 3.8) is 0 Å². The van der Waals surface area contributed by atoms with Gasteiger partial charge in [-0.25, -0.2) is 0 Å². The summed E-state index contributed by atoms with van der Waals surface area (Å²) in [6.07, 6.45) is 1.34. The number of hydrogen-bond donors (Lipinski definition) is 2. The Bertz CT molecular complexity index is 613. The van der Waals surface area contributed by atoms with Crippen LogP contribution in [0.1, 0.15) is 5.56 Å². The number of hydrazone groups is 1. The standard InChI is InChI=1S/C16H22F2N4O3S/c1-23-13-4-2-3-12(14(13)25-15(17)18)11-20-21-16(26)19-5-6-22-7-9-24-10-8-22/h2-4,11,15H,5-10H2,1H3,(H2,19,21,26)/b20-11-. The predicted molar refractivity (Wildman–Crippen MR) is 98.2 cm³/mol. The summed E-state index contributed by atoms with van der Waals surface area (Å²) in [6, 6.07) is 4.76. The molecule has 1 aliphatic rings. The van der Waals surface area contributed by atoms with Crippen LogP contribution in [0.3, 0.4) is 0 Å². The summed E-state index contributed by atoms with van der Waals surface area (Å²) in [4.78, 5) is 2.27. The summed E-state index contributed by atoms with van der Waals surface area (Å²) in [5.41, 5.74) is 2.99. The van der Waals surface area contributed by atoms with E-state index < -0.39 is 6.61 Å². The number of para-hydroxylation sites is 1. The molecular formula is C16H22F2N4O3S. The summed E-state index contributed by atoms with van der Waals surface area (Å²) < 4.78 is 40.0. The van der Waals surface area contributed by atoms with Gasteiger partial charge in [0, 0.05) is 31.7 Å². The molecule has 1 saturated heterocycles. The van der Waals surface area contributed by atoms with Crippen molar-refractivity contribution in [2.24, 2.45) is 5.10 Å². The van der Waals surface area contributed by atoms with Crippen LogP contribution in [-0.2, 0) is 4.74 Å². The molecule has 2 N–H and O–H groups in total. The van der Waals surface area contributed by atoms with Gasteiger partial charge < -0.3 is 19.5 Å². The van der Waals surface area contributed by atoms with Gasteiger partial charge in [-0.3, -0.25) is 10.3 Å². The van der Waals surface area contributed by atoms with Crippen LogP contribution in [-0.4, -0.2) is 69.3 Å². The van der Waals surface area contributed by atoms with Crippen LogP contribution in [0.2, 0.25) is 0 Å². The van der Waals surface area contributed by atoms with E-state index in [0.717, 1.165) is 32.8 Å². The largest absolute Gasteiger partial charge is 0.493 e. The zero-order valence-corrected chi connectivity index (χ0v) is 15.2. The lowest BCUT2D eigenvalue weighted by Gasteiger charge is -2.26. The minimum Gasteiger partial charge on any atom is -0.493 e. The summed E-state index contributed by atoms with van der Waals surface area (Å²) in [6.45, 7) is 1.85. The summed E-state index contributed by atoms with van der Waals surface area (Å²) in [5.74, 6) is 0.113. The molecule has 0 spiro atoms. The van der Waals surface area contributed by atoms with Crippen molar-refractivity contribution in [1.29, 1.82) is 0 Å². The number of halogens is 2. The van der Waals surface area contributed by atoms with Crippen LogP contribution in [0.4, 0.5) is 8.78 Å². The van der Waals surface area contributed by atoms with Crippen molar-refractivity contribution in [3.05, 3.63) is 23.8 Å². The fourth-order valence-corrected chi connectivity index (χ4v) is 2.52. The smallest absolute Gasteiger partial charge is 0.387 e. The van der Waals surface area contributed by atoms with Gasteiger partial charge in [0.2, 0.25) is 0 Å². The molecule has 0 amide bonds. The van der Waals surface area contributed by atoms with Crippen LogP contribution in [0.5, 0.6) is 11.5 Å². The third-order valence-electron chi connectivity index (χ3n) is 3.62. The van der Waals surface area contributed by atoms with Crippen molar-refractivity contribution < 1.29 is 23.0 Å². The Kier molecular flexibility index (Phi) is 8.45. The number of morpholine rings is 1. The highest BCUT2D eigenvalue weighted by molar-refractivity contribution is 7.80. The van der Waals surface area contributed by atoms with Crippen LogP contribution < -0.4 is 20.2 Å². The predicted octanol–water partition coefficient (Wildman–Crippen LogP) is 1.43. The highest BCUT2D eigenvalue weighted by atomic mass is 32.1. The molecule has 1 fully saturated rings. The van der Waals surface area contributed by atoms with E-state index in [2.05, 4.69) is 25.5 Å². The second-order valence-electron chi connectivity index (χ2n) is 5.34. The van der Waals surface area contributed by atoms with Crippen molar-refractivity contribution in [2.75, 3.05) is 46.5 Å². The lowest BCUT2D eigenvalue weighted by atomic mass is 10.2. The Morgan fingerprint density at radius 1 is 1.42 bits per heavy atom. The van der Waals surface area contributed by atoms with E-state index >= 15 is 0 Å². The van der Waals surface area contributed by atoms with E-state index in [0.29, 0.717) is 17.2 Å². The number of benzene rings is 1. The van der Waals surface area contributed by atoms with Crippen molar-refractivity contribution in [3.8, 4) is 11.5 Å². The van der Waals surface area contributed by atoms with Gasteiger partial charge >= 0.3 is 6.61 Å². The van der Waals surface area contributed by atoms with Crippen molar-refractivity contribution in [1.82, 2.24) is 15.6 Å². The van der Waals surface area contributed by atoms with Gasteiger partial charge in [0.25, 0.3) is 0 Å². The van der Waals surface area contributed by atoms with Gasteiger partial charge in [-0.05, 0) is 24.4 Å². The number of hydrogen-bond acceptors (Lipinski definition) is 6. The molecule has 1 aliphatic heterocycles. The summed E-state index contributed by atoms with van der Waals surface area (Å²) in [5, 5.41) is 7.33. The molecule has 1 heterocycles. The SMILES string of the molecule is COc1cccc(/C=N\NC(=S)NCCN2CCOCC2)c1OC(F)F. The number of ether oxygens (including phenoxy) is 3. The highest BCUT2D eigenvalue weighted by Gasteiger charge is 2.14. The van der Waals surface area contributed by atoms with Gasteiger partial charge in [-0.15, -0.1) is 0 Å². The van der Waals surface area contributed by atoms with Crippen molar-refractivity contribution >= 4 is 23.5 Å². The van der Waals surface area contributed by atoms with Gasteiger partial charge in [0.1, 0.15) is 0 Å². The fraction of sp³-hybridized carbons (Fsp3) is 0.500. The summed E-state index contributed by atoms with van der Waals surface area (Å²) >= 11 is 5.13. The topological polar surface area (TPSA) is 67.4 Å². The maximum absolute atomic E-state index is 12.6. The monoisotopic (exact) mass is 388 g/mol. The third-order valence-corrected chi connectivity index (χ3v) is 3.86. The first kappa shape index (κ1) is 20.3. The average Bonchev–Trinajstić information content (AvgIpc) is 2.63. The van der Waals surface area contributed by atoms with Gasteiger partial charge in [0.15, 0.2) is 16.6 Å². The minimum atomic E-state index is -2.96. The molecule has 1 aromatic rings. The van der Waals surface area contributed by atoms with E-state index in [1.165, 1.54) is 19.4 Å². The van der Waals surface area contributed by atoms with E-state index in [4.69, 9.17) is 21.7 Å². The van der Waals surface area contributed by atoms with E-state index in [-0.39, 0.29) is 11.5 Å². The Morgan fingerprint density at radius 2 is 2.19 bits per heavy atom. The highest BCUT2D eigenvalue weighted by Crippen LogP contribution is 2.31. The Balaban J connectivity index is 1.82. The van der Waals surface area contributed by atoms with Crippen LogP contribution in [0.15, 0.2) is 23.3 Å². The molecule has 10 heteroatoms. The number of thiocarbonyl (C=S) groups is 1. The normalized spacial score (nSPS) is 15.2. The second kappa shape index (κ2) is 10.8. The van der Waals surface area contributed by atoms with Gasteiger partial charge in [0.05, 0.1) is 26.5 Å². The number of rotatable bonds is 8. The molecule has 0 unspecified atom stereocenters. The quantitative estimate of drug-likeness (QED) is 0.397. The Morgan fingerprint density at radius 3 is 2.88 bits per heavy atom. The van der Waals surface area contributed by atoms with Gasteiger partial charge in [-0.2, -0.15) is 13.9 Å². The lowest BCUT2D eigenvalue weighted by molar-refractivity contribution is -0.0513. The maximum Gasteiger partial charge on any atom is 0.387 e. The molecule has 0 bridgehead atoms. The molecule has 1 aromatic carbocycles. The maximum atomic E-state index is 12.6.